The topological polar surface area (TPSA) is 167 Å². The Bertz CT molecular complexity index is 1830. The van der Waals surface area contributed by atoms with Gasteiger partial charge in [0, 0.05) is 12.3 Å². The first kappa shape index (κ1) is 36.0. The van der Waals surface area contributed by atoms with Crippen LogP contribution in [0, 0.1) is 22.7 Å². The molecule has 0 spiro atoms. The molecule has 1 fully saturated rings. The van der Waals surface area contributed by atoms with Gasteiger partial charge in [-0.3, -0.25) is 14.3 Å². The highest BCUT2D eigenvalue weighted by Gasteiger charge is 2.50. The van der Waals surface area contributed by atoms with E-state index < -0.39 is 47.5 Å². The van der Waals surface area contributed by atoms with Crippen molar-refractivity contribution in [3.05, 3.63) is 129 Å². The molecular weight excluding hydrogens is 644 g/mol. The zero-order valence-corrected chi connectivity index (χ0v) is 27.9. The number of nitriles is 2. The van der Waals surface area contributed by atoms with Crippen molar-refractivity contribution in [3.63, 3.8) is 0 Å². The van der Waals surface area contributed by atoms with Gasteiger partial charge in [0.2, 0.25) is 0 Å². The minimum Gasteiger partial charge on any atom is -0.497 e. The van der Waals surface area contributed by atoms with Crippen molar-refractivity contribution < 1.29 is 33.2 Å². The van der Waals surface area contributed by atoms with Gasteiger partial charge in [-0.2, -0.15) is 10.5 Å². The first-order chi connectivity index (χ1) is 24.3. The van der Waals surface area contributed by atoms with Gasteiger partial charge < -0.3 is 33.2 Å². The van der Waals surface area contributed by atoms with E-state index in [-0.39, 0.29) is 26.4 Å². The number of ether oxygens (including phenoxy) is 7. The van der Waals surface area contributed by atoms with E-state index in [1.54, 1.807) is 21.1 Å². The lowest BCUT2D eigenvalue weighted by Gasteiger charge is -2.37. The molecule has 0 radical (unpaired) electrons. The number of benzene rings is 3. The Morgan fingerprint density at radius 3 is 2.06 bits per heavy atom. The molecule has 1 N–H and O–H groups in total. The van der Waals surface area contributed by atoms with E-state index in [0.717, 1.165) is 16.7 Å². The molecule has 0 saturated carbocycles. The second-order valence-corrected chi connectivity index (χ2v) is 11.3. The Hall–Kier alpha value is -5.28. The molecular formula is C37H38N4O9. The van der Waals surface area contributed by atoms with E-state index in [1.807, 2.05) is 84.9 Å². The fourth-order valence-electron chi connectivity index (χ4n) is 5.89. The van der Waals surface area contributed by atoms with Gasteiger partial charge in [-0.05, 0) is 47.9 Å². The third kappa shape index (κ3) is 7.95. The minimum atomic E-state index is -1.21. The third-order valence-electron chi connectivity index (χ3n) is 8.29. The second kappa shape index (κ2) is 16.9. The molecule has 1 aromatic heterocycles. The summed E-state index contributed by atoms with van der Waals surface area (Å²) in [6.45, 7) is 1.33. The van der Waals surface area contributed by atoms with Crippen LogP contribution in [-0.2, 0) is 29.3 Å². The van der Waals surface area contributed by atoms with Gasteiger partial charge in [-0.25, -0.2) is 4.79 Å². The Morgan fingerprint density at radius 2 is 1.50 bits per heavy atom. The van der Waals surface area contributed by atoms with Crippen molar-refractivity contribution in [1.29, 1.82) is 10.5 Å². The van der Waals surface area contributed by atoms with E-state index >= 15 is 0 Å². The van der Waals surface area contributed by atoms with E-state index in [9.17, 15) is 14.9 Å². The van der Waals surface area contributed by atoms with Crippen LogP contribution in [-0.4, -0.2) is 68.2 Å². The highest BCUT2D eigenvalue weighted by molar-refractivity contribution is 5.49. The Labute approximate surface area is 289 Å². The lowest BCUT2D eigenvalue weighted by atomic mass is 9.80. The van der Waals surface area contributed by atoms with Crippen LogP contribution in [0.1, 0.15) is 36.3 Å². The van der Waals surface area contributed by atoms with Crippen LogP contribution >= 0.6 is 0 Å². The summed E-state index contributed by atoms with van der Waals surface area (Å²) >= 11 is 0. The number of aromatic nitrogens is 2. The lowest BCUT2D eigenvalue weighted by molar-refractivity contribution is -0.150. The molecule has 0 amide bonds. The number of aromatic amines is 1. The van der Waals surface area contributed by atoms with Gasteiger partial charge in [-0.1, -0.05) is 54.6 Å². The quantitative estimate of drug-likeness (QED) is 0.103. The second-order valence-electron chi connectivity index (χ2n) is 11.3. The molecule has 4 aromatic rings. The highest BCUT2D eigenvalue weighted by atomic mass is 16.7. The molecule has 13 heteroatoms. The Morgan fingerprint density at radius 1 is 0.880 bits per heavy atom. The van der Waals surface area contributed by atoms with Crippen LogP contribution in [0.2, 0.25) is 0 Å². The molecule has 260 valence electrons. The average molecular weight is 683 g/mol. The van der Waals surface area contributed by atoms with Crippen LogP contribution in [0.15, 0.2) is 101 Å². The zero-order chi connectivity index (χ0) is 35.5. The maximum atomic E-state index is 13.0. The van der Waals surface area contributed by atoms with Crippen LogP contribution in [0.5, 0.6) is 11.5 Å². The van der Waals surface area contributed by atoms with Crippen LogP contribution < -0.4 is 20.7 Å². The number of methoxy groups -OCH3 is 2. The summed E-state index contributed by atoms with van der Waals surface area (Å²) in [5, 5.41) is 18.6. The van der Waals surface area contributed by atoms with Crippen LogP contribution in [0.25, 0.3) is 0 Å². The summed E-state index contributed by atoms with van der Waals surface area (Å²) in [6.07, 6.45) is -3.42. The van der Waals surface area contributed by atoms with Crippen molar-refractivity contribution in [2.24, 2.45) is 0 Å². The molecule has 0 aliphatic carbocycles. The molecule has 13 nitrogen and oxygen atoms in total. The van der Waals surface area contributed by atoms with Crippen LogP contribution in [0.3, 0.4) is 0 Å². The molecule has 1 saturated heterocycles. The molecule has 5 rings (SSSR count). The van der Waals surface area contributed by atoms with Gasteiger partial charge in [-0.15, -0.1) is 0 Å². The fourth-order valence-corrected chi connectivity index (χ4v) is 5.89. The summed E-state index contributed by atoms with van der Waals surface area (Å²) in [5.74, 6) is 1.32. The molecule has 50 heavy (non-hydrogen) atoms. The third-order valence-corrected chi connectivity index (χ3v) is 8.29. The molecule has 3 aromatic carbocycles. The van der Waals surface area contributed by atoms with E-state index in [2.05, 4.69) is 11.1 Å². The van der Waals surface area contributed by atoms with Gasteiger partial charge in [0.15, 0.2) is 6.23 Å². The Kier molecular flexibility index (Phi) is 12.2. The largest absolute Gasteiger partial charge is 0.497 e. The minimum absolute atomic E-state index is 0.112. The SMILES string of the molecule is COc1ccc(C(OC[C@H]2O[C@@H](n3ccc(=O)[nH]c3=O)[C@H](OCOCCC#N)C2OC(C)C#N)(c2ccccc2)c2ccc(OC)cc2)cc1. The van der Waals surface area contributed by atoms with E-state index in [0.29, 0.717) is 11.5 Å². The standard InChI is InChI=1S/C37H38N4O9/c1-25(22-39)49-33-31(50-35(34(33)47-24-46-21-7-19-38)41-20-18-32(42)40-36(41)43)23-48-37(26-8-5-4-6-9-26,27-10-14-29(44-2)15-11-27)28-12-16-30(45-3)17-13-28/h4-6,8-18,20,25,31,33-35H,7,21,23-24H2,1-3H3,(H,40,42,43)/t25?,31-,33?,34-,35-/m1/s1. The van der Waals surface area contributed by atoms with Crippen molar-refractivity contribution in [2.45, 2.75) is 49.6 Å². The molecule has 2 unspecified atom stereocenters. The monoisotopic (exact) mass is 682 g/mol. The first-order valence-corrected chi connectivity index (χ1v) is 15.9. The summed E-state index contributed by atoms with van der Waals surface area (Å²) < 4.78 is 43.5. The lowest BCUT2D eigenvalue weighted by Crippen LogP contribution is -2.43. The average Bonchev–Trinajstić information content (AvgIpc) is 3.48. The van der Waals surface area contributed by atoms with Gasteiger partial charge >= 0.3 is 5.69 Å². The van der Waals surface area contributed by atoms with E-state index in [1.165, 1.54) is 16.8 Å². The molecule has 2 heterocycles. The maximum absolute atomic E-state index is 13.0. The van der Waals surface area contributed by atoms with Crippen molar-refractivity contribution in [1.82, 2.24) is 9.55 Å². The molecule has 1 aliphatic heterocycles. The predicted molar refractivity (Wildman–Crippen MR) is 179 cm³/mol. The number of rotatable bonds is 16. The van der Waals surface area contributed by atoms with Crippen molar-refractivity contribution >= 4 is 0 Å². The number of hydrogen-bond acceptors (Lipinski definition) is 11. The highest BCUT2D eigenvalue weighted by Crippen LogP contribution is 2.43. The number of nitrogens with zero attached hydrogens (tertiary/aromatic N) is 3. The van der Waals surface area contributed by atoms with Crippen molar-refractivity contribution in [2.75, 3.05) is 34.2 Å². The van der Waals surface area contributed by atoms with Gasteiger partial charge in [0.1, 0.15) is 48.3 Å². The summed E-state index contributed by atoms with van der Waals surface area (Å²) in [7, 11) is 3.19. The van der Waals surface area contributed by atoms with Crippen molar-refractivity contribution in [3.8, 4) is 23.6 Å². The smallest absolute Gasteiger partial charge is 0.330 e. The summed E-state index contributed by atoms with van der Waals surface area (Å²) in [5.41, 5.74) is -0.157. The van der Waals surface area contributed by atoms with Gasteiger partial charge in [0.05, 0.1) is 46.0 Å². The summed E-state index contributed by atoms with van der Waals surface area (Å²) in [4.78, 5) is 27.2. The number of hydrogen-bond donors (Lipinski definition) is 1. The zero-order valence-electron chi connectivity index (χ0n) is 27.9. The number of nitrogens with one attached hydrogen (secondary N) is 1. The van der Waals surface area contributed by atoms with E-state index in [4.69, 9.17) is 38.4 Å². The molecule has 0 bridgehead atoms. The maximum Gasteiger partial charge on any atom is 0.330 e. The first-order valence-electron chi connectivity index (χ1n) is 15.9. The predicted octanol–water partition coefficient (Wildman–Crippen LogP) is 4.03. The summed E-state index contributed by atoms with van der Waals surface area (Å²) in [6, 6.07) is 30.0. The van der Waals surface area contributed by atoms with Crippen LogP contribution in [0.4, 0.5) is 0 Å². The normalized spacial score (nSPS) is 19.3. The molecule has 5 atom stereocenters. The van der Waals surface area contributed by atoms with Gasteiger partial charge in [0.25, 0.3) is 5.56 Å². The number of H-pyrrole nitrogens is 1. The molecule has 1 aliphatic rings. The Balaban J connectivity index is 1.60. The fraction of sp³-hybridized carbons (Fsp3) is 0.351.